The molecular formula is C8H15N3S. The predicted octanol–water partition coefficient (Wildman–Crippen LogP) is 2.21. The predicted molar refractivity (Wildman–Crippen MR) is 51.6 cm³/mol. The van der Waals surface area contributed by atoms with E-state index in [1.807, 2.05) is 11.6 Å². The van der Waals surface area contributed by atoms with Crippen LogP contribution in [0.4, 0.5) is 0 Å². The Morgan fingerprint density at radius 2 is 2.25 bits per heavy atom. The van der Waals surface area contributed by atoms with E-state index in [-0.39, 0.29) is 0 Å². The summed E-state index contributed by atoms with van der Waals surface area (Å²) in [6, 6.07) is 0. The summed E-state index contributed by atoms with van der Waals surface area (Å²) >= 11 is 5.00. The van der Waals surface area contributed by atoms with Crippen molar-refractivity contribution in [2.45, 2.75) is 32.6 Å². The Balaban J connectivity index is 2.52. The largest absolute Gasteiger partial charge is 0.307 e. The van der Waals surface area contributed by atoms with Crippen molar-refractivity contribution in [2.24, 2.45) is 7.05 Å². The molecule has 0 atom stereocenters. The lowest BCUT2D eigenvalue weighted by atomic mass is 10.2. The minimum absolute atomic E-state index is 0.710. The van der Waals surface area contributed by atoms with Crippen LogP contribution < -0.4 is 0 Å². The molecule has 0 aliphatic rings. The van der Waals surface area contributed by atoms with E-state index in [2.05, 4.69) is 17.1 Å². The highest BCUT2D eigenvalue weighted by Gasteiger charge is 1.99. The highest BCUT2D eigenvalue weighted by molar-refractivity contribution is 7.71. The Morgan fingerprint density at radius 3 is 2.75 bits per heavy atom. The zero-order valence-corrected chi connectivity index (χ0v) is 8.45. The molecule has 1 aromatic heterocycles. The van der Waals surface area contributed by atoms with Crippen molar-refractivity contribution in [1.82, 2.24) is 14.8 Å². The summed E-state index contributed by atoms with van der Waals surface area (Å²) in [5, 5.41) is 6.91. The van der Waals surface area contributed by atoms with Crippen LogP contribution in [0.3, 0.4) is 0 Å². The summed E-state index contributed by atoms with van der Waals surface area (Å²) in [7, 11) is 1.95. The second-order valence-electron chi connectivity index (χ2n) is 2.96. The molecule has 4 heteroatoms. The molecule has 68 valence electrons. The van der Waals surface area contributed by atoms with Crippen LogP contribution in [0.5, 0.6) is 0 Å². The number of H-pyrrole nitrogens is 1. The number of rotatable bonds is 4. The average molecular weight is 185 g/mol. The van der Waals surface area contributed by atoms with Gasteiger partial charge < -0.3 is 4.57 Å². The minimum Gasteiger partial charge on any atom is -0.307 e. The number of nitrogens with zero attached hydrogens (tertiary/aromatic N) is 2. The maximum atomic E-state index is 5.00. The number of aryl methyl sites for hydroxylation is 1. The van der Waals surface area contributed by atoms with E-state index in [0.717, 1.165) is 12.2 Å². The van der Waals surface area contributed by atoms with Crippen molar-refractivity contribution in [1.29, 1.82) is 0 Å². The topological polar surface area (TPSA) is 33.6 Å². The molecule has 0 bridgehead atoms. The van der Waals surface area contributed by atoms with Gasteiger partial charge in [0.2, 0.25) is 0 Å². The summed E-state index contributed by atoms with van der Waals surface area (Å²) in [5.41, 5.74) is 0. The fourth-order valence-corrected chi connectivity index (χ4v) is 1.29. The van der Waals surface area contributed by atoms with Gasteiger partial charge in [-0.15, -0.1) is 0 Å². The number of aromatic amines is 1. The van der Waals surface area contributed by atoms with Crippen LogP contribution in [0.2, 0.25) is 0 Å². The van der Waals surface area contributed by atoms with Gasteiger partial charge in [0, 0.05) is 13.5 Å². The van der Waals surface area contributed by atoms with Crippen molar-refractivity contribution in [3.05, 3.63) is 10.6 Å². The molecule has 0 aromatic carbocycles. The smallest absolute Gasteiger partial charge is 0.194 e. The molecule has 1 rings (SSSR count). The Hall–Kier alpha value is -0.640. The number of hydrogen-bond acceptors (Lipinski definition) is 2. The molecule has 12 heavy (non-hydrogen) atoms. The third-order valence-electron chi connectivity index (χ3n) is 1.98. The first kappa shape index (κ1) is 9.45. The maximum absolute atomic E-state index is 5.00. The molecule has 0 unspecified atom stereocenters. The molecule has 0 aliphatic heterocycles. The molecule has 0 aliphatic carbocycles. The molecule has 0 fully saturated rings. The zero-order valence-electron chi connectivity index (χ0n) is 7.63. The summed E-state index contributed by atoms with van der Waals surface area (Å²) in [6.07, 6.45) is 4.73. The van der Waals surface area contributed by atoms with E-state index >= 15 is 0 Å². The zero-order chi connectivity index (χ0) is 8.97. The highest BCUT2D eigenvalue weighted by atomic mass is 32.1. The molecule has 0 saturated carbocycles. The second kappa shape index (κ2) is 4.40. The Kier molecular flexibility index (Phi) is 3.47. The van der Waals surface area contributed by atoms with Crippen molar-refractivity contribution in [3.63, 3.8) is 0 Å². The number of hydrogen-bond donors (Lipinski definition) is 1. The first-order valence-corrected chi connectivity index (χ1v) is 4.76. The van der Waals surface area contributed by atoms with Gasteiger partial charge in [-0.3, -0.25) is 5.10 Å². The summed E-state index contributed by atoms with van der Waals surface area (Å²) in [6.45, 7) is 2.20. The second-order valence-corrected chi connectivity index (χ2v) is 3.35. The molecule has 0 saturated heterocycles. The van der Waals surface area contributed by atoms with Gasteiger partial charge in [0.15, 0.2) is 4.77 Å². The van der Waals surface area contributed by atoms with Crippen molar-refractivity contribution in [2.75, 3.05) is 0 Å². The maximum Gasteiger partial charge on any atom is 0.194 e. The summed E-state index contributed by atoms with van der Waals surface area (Å²) in [5.74, 6) is 1.06. The molecule has 1 aromatic rings. The third-order valence-corrected chi connectivity index (χ3v) is 2.34. The van der Waals surface area contributed by atoms with Crippen LogP contribution in [0.25, 0.3) is 0 Å². The monoisotopic (exact) mass is 185 g/mol. The van der Waals surface area contributed by atoms with Gasteiger partial charge in [-0.25, -0.2) is 0 Å². The van der Waals surface area contributed by atoms with Gasteiger partial charge in [-0.05, 0) is 18.6 Å². The lowest BCUT2D eigenvalue weighted by molar-refractivity contribution is 0.668. The van der Waals surface area contributed by atoms with Crippen LogP contribution in [0.1, 0.15) is 32.0 Å². The van der Waals surface area contributed by atoms with E-state index in [4.69, 9.17) is 12.2 Å². The molecular weight excluding hydrogens is 170 g/mol. The molecule has 1 N–H and O–H groups in total. The van der Waals surface area contributed by atoms with Crippen LogP contribution >= 0.6 is 12.2 Å². The Bertz CT molecular complexity index is 287. The molecule has 1 heterocycles. The molecule has 3 nitrogen and oxygen atoms in total. The summed E-state index contributed by atoms with van der Waals surface area (Å²) in [4.78, 5) is 0. The van der Waals surface area contributed by atoms with Crippen LogP contribution in [-0.2, 0) is 13.5 Å². The third kappa shape index (κ3) is 2.17. The Labute approximate surface area is 77.8 Å². The number of nitrogens with one attached hydrogen (secondary N) is 1. The number of aromatic nitrogens is 3. The highest BCUT2D eigenvalue weighted by Crippen LogP contribution is 2.02. The van der Waals surface area contributed by atoms with Gasteiger partial charge in [-0.1, -0.05) is 19.8 Å². The molecule has 0 spiro atoms. The van der Waals surface area contributed by atoms with E-state index < -0.39 is 0 Å². The van der Waals surface area contributed by atoms with Gasteiger partial charge in [0.1, 0.15) is 5.82 Å². The normalized spacial score (nSPS) is 10.5. The fourth-order valence-electron chi connectivity index (χ4n) is 1.14. The van der Waals surface area contributed by atoms with Crippen molar-refractivity contribution in [3.8, 4) is 0 Å². The first-order chi connectivity index (χ1) is 5.75. The average Bonchev–Trinajstić information content (AvgIpc) is 2.36. The quantitative estimate of drug-likeness (QED) is 0.576. The first-order valence-electron chi connectivity index (χ1n) is 4.36. The van der Waals surface area contributed by atoms with Crippen LogP contribution in [0, 0.1) is 4.77 Å². The fraction of sp³-hybridized carbons (Fsp3) is 0.750. The van der Waals surface area contributed by atoms with Gasteiger partial charge >= 0.3 is 0 Å². The van der Waals surface area contributed by atoms with E-state index in [1.165, 1.54) is 19.3 Å². The van der Waals surface area contributed by atoms with E-state index in [0.29, 0.717) is 4.77 Å². The minimum atomic E-state index is 0.710. The van der Waals surface area contributed by atoms with Gasteiger partial charge in [-0.2, -0.15) is 5.10 Å². The lowest BCUT2D eigenvalue weighted by Gasteiger charge is -1.98. The van der Waals surface area contributed by atoms with Crippen LogP contribution in [-0.4, -0.2) is 14.8 Å². The van der Waals surface area contributed by atoms with Gasteiger partial charge in [0.05, 0.1) is 0 Å². The van der Waals surface area contributed by atoms with Crippen molar-refractivity contribution < 1.29 is 0 Å². The number of unbranched alkanes of at least 4 members (excludes halogenated alkanes) is 2. The van der Waals surface area contributed by atoms with Crippen molar-refractivity contribution >= 4 is 12.2 Å². The molecule has 0 amide bonds. The Morgan fingerprint density at radius 1 is 1.50 bits per heavy atom. The summed E-state index contributed by atoms with van der Waals surface area (Å²) < 4.78 is 2.65. The van der Waals surface area contributed by atoms with Gasteiger partial charge in [0.25, 0.3) is 0 Å². The van der Waals surface area contributed by atoms with Crippen LogP contribution in [0.15, 0.2) is 0 Å². The standard InChI is InChI=1S/C8H15N3S/c1-3-4-5-6-7-9-10-8(12)11(7)2/h3-6H2,1-2H3,(H,10,12). The lowest BCUT2D eigenvalue weighted by Crippen LogP contribution is -1.97. The SMILES string of the molecule is CCCCCc1n[nH]c(=S)n1C. The molecule has 0 radical (unpaired) electrons. The van der Waals surface area contributed by atoms with E-state index in [1.54, 1.807) is 0 Å². The van der Waals surface area contributed by atoms with E-state index in [9.17, 15) is 0 Å².